The van der Waals surface area contributed by atoms with E-state index < -0.39 is 144 Å². The maximum atomic E-state index is 15.4. The van der Waals surface area contributed by atoms with E-state index in [4.69, 9.17) is 0 Å². The lowest BCUT2D eigenvalue weighted by Gasteiger charge is -2.44. The van der Waals surface area contributed by atoms with E-state index in [1.54, 1.807) is 0 Å². The predicted octanol–water partition coefficient (Wildman–Crippen LogP) is 9.98. The Labute approximate surface area is 362 Å². The van der Waals surface area contributed by atoms with Gasteiger partial charge in [0.2, 0.25) is 12.3 Å². The standard InChI is InChI=1S/C24BF20.C20H20NO/c26-5-1(6(27)14(35)21(42)13(5)34)25(2-7(28)15(36)22(43)16(37)8(2)29,3-9(30)17(38)23(44)18(39)10(3)31)4-11(32)19(40)24(45)20(41)12(4)33;1-15(2)16-7-9-18(10-8-16)20(22)14-21-12-11-17-5-3-4-6-19(17)13-21/h;3-13,15H,14H2,1-2H3/q-1;+1. The second kappa shape index (κ2) is 18.4. The molecule has 0 saturated heterocycles. The van der Waals surface area contributed by atoms with Crippen LogP contribution in [-0.2, 0) is 6.54 Å². The van der Waals surface area contributed by atoms with Gasteiger partial charge >= 0.3 is 0 Å². The summed E-state index contributed by atoms with van der Waals surface area (Å²) < 4.78 is 296. The molecule has 1 aromatic heterocycles. The van der Waals surface area contributed by atoms with Crippen molar-refractivity contribution in [3.8, 4) is 0 Å². The Morgan fingerprint density at radius 3 is 0.985 bits per heavy atom. The first-order chi connectivity index (χ1) is 31.3. The molecule has 0 aliphatic heterocycles. The van der Waals surface area contributed by atoms with Crippen LogP contribution in [0.3, 0.4) is 0 Å². The molecule has 1 heterocycles. The molecule has 7 aromatic rings. The minimum Gasteiger partial charge on any atom is -0.287 e. The third kappa shape index (κ3) is 8.00. The van der Waals surface area contributed by atoms with Crippen LogP contribution in [0.2, 0.25) is 0 Å². The number of nitrogens with zero attached hydrogens (tertiary/aromatic N) is 1. The quantitative estimate of drug-likeness (QED) is 0.0371. The molecule has 23 heteroatoms. The molecule has 0 aliphatic carbocycles. The summed E-state index contributed by atoms with van der Waals surface area (Å²) >= 11 is 0. The minimum absolute atomic E-state index is 0.135. The summed E-state index contributed by atoms with van der Waals surface area (Å²) in [4.78, 5) is 12.4. The number of carbonyl (C=O) groups excluding carboxylic acids is 1. The van der Waals surface area contributed by atoms with Gasteiger partial charge in [0.25, 0.3) is 0 Å². The van der Waals surface area contributed by atoms with Gasteiger partial charge < -0.3 is 0 Å². The van der Waals surface area contributed by atoms with Crippen molar-refractivity contribution in [2.75, 3.05) is 0 Å². The first-order valence-corrected chi connectivity index (χ1v) is 18.6. The van der Waals surface area contributed by atoms with E-state index in [-0.39, 0.29) is 5.78 Å². The molecule has 0 N–H and O–H groups in total. The lowest BCUT2D eigenvalue weighted by Crippen LogP contribution is -2.81. The zero-order valence-electron chi connectivity index (χ0n) is 33.1. The van der Waals surface area contributed by atoms with E-state index in [0.717, 1.165) is 10.9 Å². The van der Waals surface area contributed by atoms with Crippen molar-refractivity contribution in [1.82, 2.24) is 0 Å². The summed E-state index contributed by atoms with van der Waals surface area (Å²) in [7, 11) is 0. The number of Topliss-reactive ketones (excluding diaryl/α,β-unsaturated/α-hetero) is 1. The number of hydrogen-bond donors (Lipinski definition) is 0. The molecule has 6 aromatic carbocycles. The van der Waals surface area contributed by atoms with Crippen molar-refractivity contribution in [2.45, 2.75) is 26.3 Å². The zero-order chi connectivity index (χ0) is 49.9. The third-order valence-electron chi connectivity index (χ3n) is 10.7. The SMILES string of the molecule is CC(C)c1ccc(C(=O)C[n+]2ccc3ccccc3c2)cc1.Fc1c(F)c(F)c([B-](c2c(F)c(F)c(F)c(F)c2F)(c2c(F)c(F)c(F)c(F)c2F)c2c(F)c(F)c(F)c(F)c2F)c(F)c1F. The highest BCUT2D eigenvalue weighted by molar-refractivity contribution is 7.20. The molecule has 0 unspecified atom stereocenters. The molecule has 7 rings (SSSR count). The molecule has 0 spiro atoms. The number of rotatable bonds is 8. The second-order valence-electron chi connectivity index (χ2n) is 14.7. The number of hydrogen-bond acceptors (Lipinski definition) is 1. The predicted molar refractivity (Wildman–Crippen MR) is 198 cm³/mol. The van der Waals surface area contributed by atoms with E-state index in [9.17, 15) is 57.5 Å². The van der Waals surface area contributed by atoms with E-state index in [1.807, 2.05) is 59.4 Å². The van der Waals surface area contributed by atoms with Crippen LogP contribution in [0.15, 0.2) is 67.0 Å². The summed E-state index contributed by atoms with van der Waals surface area (Å²) in [6.45, 7) is 4.68. The fraction of sp³-hybridized carbons (Fsp3) is 0.0909. The molecular weight excluding hydrogens is 949 g/mol. The summed E-state index contributed by atoms with van der Waals surface area (Å²) in [5.41, 5.74) is -12.3. The molecule has 0 amide bonds. The van der Waals surface area contributed by atoms with Crippen LogP contribution in [0.4, 0.5) is 87.8 Å². The molecule has 0 saturated carbocycles. The Hall–Kier alpha value is -6.94. The van der Waals surface area contributed by atoms with Gasteiger partial charge in [0.05, 0.1) is 0 Å². The van der Waals surface area contributed by atoms with Crippen molar-refractivity contribution in [1.29, 1.82) is 0 Å². The molecule has 0 fully saturated rings. The first-order valence-electron chi connectivity index (χ1n) is 18.6. The molecule has 0 bridgehead atoms. The first kappa shape index (κ1) is 49.5. The number of aromatic nitrogens is 1. The molecule has 350 valence electrons. The Bertz CT molecular complexity index is 2780. The van der Waals surface area contributed by atoms with Crippen LogP contribution in [0.1, 0.15) is 35.7 Å². The van der Waals surface area contributed by atoms with Gasteiger partial charge in [-0.25, -0.2) is 87.8 Å². The lowest BCUT2D eigenvalue weighted by atomic mass is 9.12. The fourth-order valence-electron chi connectivity index (χ4n) is 7.46. The maximum Gasteiger partial charge on any atom is 0.227 e. The number of ketones is 1. The van der Waals surface area contributed by atoms with E-state index in [2.05, 4.69) is 26.0 Å². The third-order valence-corrected chi connectivity index (χ3v) is 10.7. The van der Waals surface area contributed by atoms with Gasteiger partial charge in [0, 0.05) is 17.0 Å². The highest BCUT2D eigenvalue weighted by Gasteiger charge is 2.52. The summed E-state index contributed by atoms with van der Waals surface area (Å²) in [6.07, 6.45) is -3.23. The van der Waals surface area contributed by atoms with Crippen LogP contribution in [0.5, 0.6) is 0 Å². The maximum absolute atomic E-state index is 15.4. The van der Waals surface area contributed by atoms with Crippen LogP contribution in [-0.4, -0.2) is 11.9 Å². The molecule has 2 nitrogen and oxygen atoms in total. The van der Waals surface area contributed by atoms with Gasteiger partial charge in [-0.05, 0) is 22.9 Å². The summed E-state index contributed by atoms with van der Waals surface area (Å²) in [6, 6.07) is 18.2. The number of benzene rings is 6. The van der Waals surface area contributed by atoms with Gasteiger partial charge in [-0.1, -0.05) is 56.3 Å². The molecule has 67 heavy (non-hydrogen) atoms. The van der Waals surface area contributed by atoms with Crippen molar-refractivity contribution in [2.24, 2.45) is 0 Å². The van der Waals surface area contributed by atoms with Crippen molar-refractivity contribution in [3.63, 3.8) is 0 Å². The smallest absolute Gasteiger partial charge is 0.227 e. The molecule has 0 aliphatic rings. The number of carbonyl (C=O) groups is 1. The van der Waals surface area contributed by atoms with Crippen LogP contribution >= 0.6 is 0 Å². The van der Waals surface area contributed by atoms with Gasteiger partial charge in [-0.2, -0.15) is 4.57 Å². The monoisotopic (exact) mass is 969 g/mol. The van der Waals surface area contributed by atoms with Crippen molar-refractivity contribution < 1.29 is 97.2 Å². The molecule has 0 atom stereocenters. The van der Waals surface area contributed by atoms with E-state index in [0.29, 0.717) is 12.5 Å². The Kier molecular flexibility index (Phi) is 13.6. The van der Waals surface area contributed by atoms with Crippen LogP contribution in [0, 0.1) is 116 Å². The Balaban J connectivity index is 0.000000279. The number of pyridine rings is 1. The van der Waals surface area contributed by atoms with E-state index in [1.165, 1.54) is 10.9 Å². The second-order valence-corrected chi connectivity index (χ2v) is 14.7. The van der Waals surface area contributed by atoms with Gasteiger partial charge in [0.15, 0.2) is 82.2 Å². The van der Waals surface area contributed by atoms with Gasteiger partial charge in [0.1, 0.15) is 52.7 Å². The highest BCUT2D eigenvalue weighted by atomic mass is 19.2. The van der Waals surface area contributed by atoms with Crippen molar-refractivity contribution in [3.05, 3.63) is 194 Å². The number of halogens is 20. The average Bonchev–Trinajstić information content (AvgIpc) is 3.31. The topological polar surface area (TPSA) is 20.9 Å². The average molecular weight is 969 g/mol. The highest BCUT2D eigenvalue weighted by Crippen LogP contribution is 2.31. The van der Waals surface area contributed by atoms with Crippen LogP contribution < -0.4 is 26.4 Å². The Morgan fingerprint density at radius 2 is 0.687 bits per heavy atom. The molecule has 0 radical (unpaired) electrons. The summed E-state index contributed by atoms with van der Waals surface area (Å²) in [5, 5.41) is 2.33. The van der Waals surface area contributed by atoms with Crippen LogP contribution in [0.25, 0.3) is 10.8 Å². The van der Waals surface area contributed by atoms with E-state index >= 15 is 35.1 Å². The minimum atomic E-state index is -7.22. The lowest BCUT2D eigenvalue weighted by molar-refractivity contribution is -0.681. The molecular formula is C44H20BF20NO. The van der Waals surface area contributed by atoms with Gasteiger partial charge in [-0.15, -0.1) is 21.9 Å². The largest absolute Gasteiger partial charge is 0.287 e. The Morgan fingerprint density at radius 1 is 0.403 bits per heavy atom. The zero-order valence-corrected chi connectivity index (χ0v) is 33.1. The van der Waals surface area contributed by atoms with Crippen molar-refractivity contribution >= 4 is 44.6 Å². The fourth-order valence-corrected chi connectivity index (χ4v) is 7.46. The normalized spacial score (nSPS) is 11.7. The van der Waals surface area contributed by atoms with Gasteiger partial charge in [-0.3, -0.25) is 4.79 Å². The number of fused-ring (bicyclic) bond motifs is 1. The summed E-state index contributed by atoms with van der Waals surface area (Å²) in [5.74, 6) is -70.8.